The molecule has 0 bridgehead atoms. The molecule has 1 aromatic heterocycles. The summed E-state index contributed by atoms with van der Waals surface area (Å²) in [5.74, 6) is -1.75. The number of hydrogen-bond donors (Lipinski definition) is 1. The van der Waals surface area contributed by atoms with Gasteiger partial charge in [0.15, 0.2) is 11.6 Å². The fourth-order valence-electron chi connectivity index (χ4n) is 2.20. The molecule has 0 radical (unpaired) electrons. The highest BCUT2D eigenvalue weighted by Crippen LogP contribution is 2.24. The fraction of sp³-hybridized carbons (Fsp3) is 0.176. The maximum absolute atomic E-state index is 13.2. The average molecular weight is 323 g/mol. The van der Waals surface area contributed by atoms with Gasteiger partial charge in [-0.1, -0.05) is 24.3 Å². The molecule has 2 rings (SSSR count). The predicted octanol–water partition coefficient (Wildman–Crippen LogP) is 5.25. The van der Waals surface area contributed by atoms with Crippen LogP contribution in [0.2, 0.25) is 5.02 Å². The van der Waals surface area contributed by atoms with Crippen molar-refractivity contribution in [1.29, 1.82) is 0 Å². The lowest BCUT2D eigenvalue weighted by Crippen LogP contribution is -2.09. The third kappa shape index (κ3) is 3.57. The molecule has 0 atom stereocenters. The van der Waals surface area contributed by atoms with Crippen molar-refractivity contribution in [2.75, 3.05) is 5.32 Å². The molecule has 2 nitrogen and oxygen atoms in total. The quantitative estimate of drug-likeness (QED) is 0.689. The molecule has 0 spiro atoms. The standard InChI is InChI=1S/C17H17ClF2N2/c1-3-5-8-22-13(4-2)10-14(18)17(22)11-21-12-6-7-15(19)16(20)9-12/h3-4,6-7,9-10,21H,1-2,5,8,11H2. The summed E-state index contributed by atoms with van der Waals surface area (Å²) in [6.07, 6.45) is 4.35. The van der Waals surface area contributed by atoms with Crippen LogP contribution in [0.25, 0.3) is 6.08 Å². The lowest BCUT2D eigenvalue weighted by molar-refractivity contribution is 0.509. The first-order chi connectivity index (χ1) is 10.6. The molecular formula is C17H17ClF2N2. The van der Waals surface area contributed by atoms with Crippen LogP contribution in [0.4, 0.5) is 14.5 Å². The van der Waals surface area contributed by atoms with E-state index in [1.807, 2.05) is 16.7 Å². The zero-order valence-corrected chi connectivity index (χ0v) is 12.8. The Morgan fingerprint density at radius 3 is 2.59 bits per heavy atom. The van der Waals surface area contributed by atoms with E-state index in [9.17, 15) is 8.78 Å². The van der Waals surface area contributed by atoms with Gasteiger partial charge in [-0.3, -0.25) is 0 Å². The van der Waals surface area contributed by atoms with Crippen LogP contribution in [0.5, 0.6) is 0 Å². The first-order valence-corrected chi connectivity index (χ1v) is 7.24. The molecule has 22 heavy (non-hydrogen) atoms. The summed E-state index contributed by atoms with van der Waals surface area (Å²) in [6, 6.07) is 5.53. The van der Waals surface area contributed by atoms with Gasteiger partial charge in [0.1, 0.15) is 0 Å². The Morgan fingerprint density at radius 2 is 1.95 bits per heavy atom. The van der Waals surface area contributed by atoms with Crippen LogP contribution in [0.3, 0.4) is 0 Å². The Morgan fingerprint density at radius 1 is 1.18 bits per heavy atom. The third-order valence-corrected chi connectivity index (χ3v) is 3.66. The molecule has 1 N–H and O–H groups in total. The Bertz CT molecular complexity index is 692. The number of benzene rings is 1. The number of hydrogen-bond acceptors (Lipinski definition) is 1. The van der Waals surface area contributed by atoms with Crippen LogP contribution in [-0.2, 0) is 13.1 Å². The molecule has 2 aromatic rings. The summed E-state index contributed by atoms with van der Waals surface area (Å²) in [7, 11) is 0. The third-order valence-electron chi connectivity index (χ3n) is 3.33. The summed E-state index contributed by atoms with van der Waals surface area (Å²) < 4.78 is 28.2. The molecule has 0 amide bonds. The SMILES string of the molecule is C=CCCn1c(C=C)cc(Cl)c1CNc1ccc(F)c(F)c1. The molecule has 0 aliphatic carbocycles. The van der Waals surface area contributed by atoms with Crippen molar-refractivity contribution in [2.24, 2.45) is 0 Å². The first kappa shape index (κ1) is 16.3. The van der Waals surface area contributed by atoms with E-state index in [0.29, 0.717) is 17.3 Å². The van der Waals surface area contributed by atoms with Crippen LogP contribution in [0.1, 0.15) is 17.8 Å². The maximum atomic E-state index is 13.2. The van der Waals surface area contributed by atoms with Crippen LogP contribution in [-0.4, -0.2) is 4.57 Å². The van der Waals surface area contributed by atoms with Gasteiger partial charge in [0, 0.05) is 24.0 Å². The lowest BCUT2D eigenvalue weighted by Gasteiger charge is -2.13. The fourth-order valence-corrected chi connectivity index (χ4v) is 2.48. The zero-order chi connectivity index (χ0) is 16.1. The Hall–Kier alpha value is -2.07. The van der Waals surface area contributed by atoms with E-state index >= 15 is 0 Å². The van der Waals surface area contributed by atoms with Gasteiger partial charge in [0.2, 0.25) is 0 Å². The van der Waals surface area contributed by atoms with Gasteiger partial charge in [0.05, 0.1) is 17.3 Å². The van der Waals surface area contributed by atoms with E-state index in [2.05, 4.69) is 18.5 Å². The molecule has 116 valence electrons. The molecule has 5 heteroatoms. The van der Waals surface area contributed by atoms with Gasteiger partial charge in [-0.15, -0.1) is 6.58 Å². The molecule has 0 saturated carbocycles. The average Bonchev–Trinajstić information content (AvgIpc) is 2.81. The number of halogens is 3. The predicted molar refractivity (Wildman–Crippen MR) is 88.0 cm³/mol. The van der Waals surface area contributed by atoms with E-state index in [-0.39, 0.29) is 0 Å². The first-order valence-electron chi connectivity index (χ1n) is 6.87. The van der Waals surface area contributed by atoms with Gasteiger partial charge in [-0.2, -0.15) is 0 Å². The van der Waals surface area contributed by atoms with Crippen molar-refractivity contribution in [1.82, 2.24) is 4.57 Å². The number of anilines is 1. The molecule has 0 fully saturated rings. The molecular weight excluding hydrogens is 306 g/mol. The number of rotatable bonds is 7. The van der Waals surface area contributed by atoms with Gasteiger partial charge in [-0.05, 0) is 30.7 Å². The van der Waals surface area contributed by atoms with Gasteiger partial charge in [0.25, 0.3) is 0 Å². The summed E-state index contributed by atoms with van der Waals surface area (Å²) >= 11 is 6.26. The van der Waals surface area contributed by atoms with E-state index in [0.717, 1.165) is 36.5 Å². The zero-order valence-electron chi connectivity index (χ0n) is 12.1. The molecule has 0 aliphatic heterocycles. The maximum Gasteiger partial charge on any atom is 0.160 e. The monoisotopic (exact) mass is 322 g/mol. The second-order valence-corrected chi connectivity index (χ2v) is 5.19. The van der Waals surface area contributed by atoms with Crippen molar-refractivity contribution >= 4 is 23.4 Å². The number of allylic oxidation sites excluding steroid dienone is 1. The van der Waals surface area contributed by atoms with Crippen LogP contribution in [0.15, 0.2) is 43.5 Å². The smallest absolute Gasteiger partial charge is 0.160 e. The number of aromatic nitrogens is 1. The minimum absolute atomic E-state index is 0.398. The van der Waals surface area contributed by atoms with Crippen molar-refractivity contribution in [3.05, 3.63) is 71.5 Å². The molecule has 0 unspecified atom stereocenters. The molecule has 1 aromatic carbocycles. The largest absolute Gasteiger partial charge is 0.379 e. The van der Waals surface area contributed by atoms with Crippen molar-refractivity contribution in [3.8, 4) is 0 Å². The van der Waals surface area contributed by atoms with Gasteiger partial charge in [-0.25, -0.2) is 8.78 Å². The van der Waals surface area contributed by atoms with Gasteiger partial charge < -0.3 is 9.88 Å². The summed E-state index contributed by atoms with van der Waals surface area (Å²) in [6.45, 7) is 8.62. The highest BCUT2D eigenvalue weighted by molar-refractivity contribution is 6.31. The van der Waals surface area contributed by atoms with Crippen molar-refractivity contribution in [3.63, 3.8) is 0 Å². The van der Waals surface area contributed by atoms with E-state index in [1.165, 1.54) is 6.07 Å². The Kier molecular flexibility index (Phi) is 5.39. The minimum atomic E-state index is -0.884. The minimum Gasteiger partial charge on any atom is -0.379 e. The normalized spacial score (nSPS) is 10.5. The molecule has 0 aliphatic rings. The number of nitrogens with one attached hydrogen (secondary N) is 1. The molecule has 0 saturated heterocycles. The van der Waals surface area contributed by atoms with Crippen LogP contribution in [0, 0.1) is 11.6 Å². The highest BCUT2D eigenvalue weighted by Gasteiger charge is 2.12. The molecule has 1 heterocycles. The lowest BCUT2D eigenvalue weighted by atomic mass is 10.3. The van der Waals surface area contributed by atoms with E-state index in [4.69, 9.17) is 11.6 Å². The van der Waals surface area contributed by atoms with Gasteiger partial charge >= 0.3 is 0 Å². The van der Waals surface area contributed by atoms with Crippen LogP contribution >= 0.6 is 11.6 Å². The van der Waals surface area contributed by atoms with Crippen LogP contribution < -0.4 is 5.32 Å². The Labute approximate surface area is 133 Å². The van der Waals surface area contributed by atoms with E-state index < -0.39 is 11.6 Å². The second-order valence-electron chi connectivity index (χ2n) is 4.78. The second kappa shape index (κ2) is 7.27. The summed E-state index contributed by atoms with van der Waals surface area (Å²) in [5, 5.41) is 3.66. The van der Waals surface area contributed by atoms with Crippen molar-refractivity contribution in [2.45, 2.75) is 19.5 Å². The van der Waals surface area contributed by atoms with E-state index in [1.54, 1.807) is 6.08 Å². The number of nitrogens with zero attached hydrogens (tertiary/aromatic N) is 1. The summed E-state index contributed by atoms with van der Waals surface area (Å²) in [4.78, 5) is 0. The summed E-state index contributed by atoms with van der Waals surface area (Å²) in [5.41, 5.74) is 2.27. The highest BCUT2D eigenvalue weighted by atomic mass is 35.5. The van der Waals surface area contributed by atoms with Crippen molar-refractivity contribution < 1.29 is 8.78 Å². The topological polar surface area (TPSA) is 17.0 Å². The Balaban J connectivity index is 2.20.